The summed E-state index contributed by atoms with van der Waals surface area (Å²) in [4.78, 5) is 4.04. The molecule has 0 radical (unpaired) electrons. The number of hydrogen-bond donors (Lipinski definition) is 0. The lowest BCUT2D eigenvalue weighted by Gasteiger charge is -2.10. The molecule has 5 nitrogen and oxygen atoms in total. The van der Waals surface area contributed by atoms with Crippen LogP contribution in [0.4, 0.5) is 0 Å². The standard InChI is InChI=1S/C15H14N2O3/c1-18-13-6-5-11(8-14(13)19-2)10-20-15-12(9-16)4-3-7-17-15/h3-8H,10H2,1-2H3. The minimum Gasteiger partial charge on any atom is -0.493 e. The van der Waals surface area contributed by atoms with Crippen molar-refractivity contribution in [3.63, 3.8) is 0 Å². The van der Waals surface area contributed by atoms with Crippen LogP contribution in [-0.2, 0) is 6.61 Å². The van der Waals surface area contributed by atoms with Gasteiger partial charge in [-0.05, 0) is 29.8 Å². The van der Waals surface area contributed by atoms with Crippen LogP contribution in [0.15, 0.2) is 36.5 Å². The highest BCUT2D eigenvalue weighted by Gasteiger charge is 2.07. The van der Waals surface area contributed by atoms with Crippen molar-refractivity contribution in [2.75, 3.05) is 14.2 Å². The lowest BCUT2D eigenvalue weighted by atomic mass is 10.2. The summed E-state index contributed by atoms with van der Waals surface area (Å²) < 4.78 is 16.0. The third-order valence-corrected chi connectivity index (χ3v) is 2.72. The van der Waals surface area contributed by atoms with Crippen LogP contribution in [0, 0.1) is 11.3 Å². The first-order valence-electron chi connectivity index (χ1n) is 5.97. The van der Waals surface area contributed by atoms with Gasteiger partial charge in [-0.2, -0.15) is 5.26 Å². The fourth-order valence-corrected chi connectivity index (χ4v) is 1.71. The van der Waals surface area contributed by atoms with Crippen molar-refractivity contribution in [3.8, 4) is 23.4 Å². The number of hydrogen-bond acceptors (Lipinski definition) is 5. The molecule has 0 N–H and O–H groups in total. The molecule has 102 valence electrons. The topological polar surface area (TPSA) is 64.4 Å². The van der Waals surface area contributed by atoms with E-state index in [2.05, 4.69) is 4.98 Å². The van der Waals surface area contributed by atoms with Crippen molar-refractivity contribution >= 4 is 0 Å². The predicted octanol–water partition coefficient (Wildman–Crippen LogP) is 2.55. The number of nitrogens with zero attached hydrogens (tertiary/aromatic N) is 2. The Morgan fingerprint density at radius 2 is 1.95 bits per heavy atom. The smallest absolute Gasteiger partial charge is 0.231 e. The van der Waals surface area contributed by atoms with E-state index in [0.29, 0.717) is 29.5 Å². The maximum Gasteiger partial charge on any atom is 0.231 e. The molecule has 20 heavy (non-hydrogen) atoms. The minimum absolute atomic E-state index is 0.298. The van der Waals surface area contributed by atoms with Crippen molar-refractivity contribution in [2.45, 2.75) is 6.61 Å². The summed E-state index contributed by atoms with van der Waals surface area (Å²) in [6.45, 7) is 0.298. The Bertz CT molecular complexity index is 635. The van der Waals surface area contributed by atoms with Gasteiger partial charge in [0.05, 0.1) is 14.2 Å². The molecule has 0 aliphatic heterocycles. The zero-order valence-electron chi connectivity index (χ0n) is 11.3. The van der Waals surface area contributed by atoms with Crippen LogP contribution in [-0.4, -0.2) is 19.2 Å². The number of methoxy groups -OCH3 is 2. The molecule has 1 aromatic carbocycles. The van der Waals surface area contributed by atoms with Crippen LogP contribution in [0.2, 0.25) is 0 Å². The number of rotatable bonds is 5. The summed E-state index contributed by atoms with van der Waals surface area (Å²) in [5.41, 5.74) is 1.31. The highest BCUT2D eigenvalue weighted by Crippen LogP contribution is 2.28. The van der Waals surface area contributed by atoms with E-state index in [1.165, 1.54) is 0 Å². The molecule has 0 aliphatic carbocycles. The number of pyridine rings is 1. The Hall–Kier alpha value is -2.74. The van der Waals surface area contributed by atoms with Gasteiger partial charge in [0.2, 0.25) is 5.88 Å². The Labute approximate surface area is 117 Å². The Balaban J connectivity index is 2.13. The van der Waals surface area contributed by atoms with Crippen LogP contribution in [0.5, 0.6) is 17.4 Å². The zero-order chi connectivity index (χ0) is 14.4. The van der Waals surface area contributed by atoms with Crippen LogP contribution in [0.1, 0.15) is 11.1 Å². The van der Waals surface area contributed by atoms with E-state index >= 15 is 0 Å². The van der Waals surface area contributed by atoms with Gasteiger partial charge in [0, 0.05) is 6.20 Å². The van der Waals surface area contributed by atoms with Gasteiger partial charge in [0.1, 0.15) is 18.2 Å². The molecule has 0 atom stereocenters. The van der Waals surface area contributed by atoms with Crippen molar-refractivity contribution in [1.29, 1.82) is 5.26 Å². The lowest BCUT2D eigenvalue weighted by Crippen LogP contribution is -2.00. The fourth-order valence-electron chi connectivity index (χ4n) is 1.71. The maximum absolute atomic E-state index is 8.96. The second-order valence-electron chi connectivity index (χ2n) is 3.95. The maximum atomic E-state index is 8.96. The van der Waals surface area contributed by atoms with Gasteiger partial charge in [0.25, 0.3) is 0 Å². The summed E-state index contributed by atoms with van der Waals surface area (Å²) in [6, 6.07) is 10.9. The van der Waals surface area contributed by atoms with Gasteiger partial charge < -0.3 is 14.2 Å². The number of nitriles is 1. The number of ether oxygens (including phenoxy) is 3. The average Bonchev–Trinajstić information content (AvgIpc) is 2.52. The van der Waals surface area contributed by atoms with E-state index in [4.69, 9.17) is 19.5 Å². The van der Waals surface area contributed by atoms with Gasteiger partial charge in [-0.3, -0.25) is 0 Å². The first-order valence-corrected chi connectivity index (χ1v) is 5.97. The molecule has 5 heteroatoms. The number of aromatic nitrogens is 1. The van der Waals surface area contributed by atoms with Crippen LogP contribution in [0.3, 0.4) is 0 Å². The van der Waals surface area contributed by atoms with Crippen molar-refractivity contribution in [2.24, 2.45) is 0 Å². The molecule has 0 bridgehead atoms. The van der Waals surface area contributed by atoms with Gasteiger partial charge in [0.15, 0.2) is 11.5 Å². The summed E-state index contributed by atoms with van der Waals surface area (Å²) in [7, 11) is 3.16. The lowest BCUT2D eigenvalue weighted by molar-refractivity contribution is 0.291. The van der Waals surface area contributed by atoms with E-state index in [-0.39, 0.29) is 0 Å². The van der Waals surface area contributed by atoms with E-state index < -0.39 is 0 Å². The van der Waals surface area contributed by atoms with Gasteiger partial charge >= 0.3 is 0 Å². The van der Waals surface area contributed by atoms with Crippen molar-refractivity contribution in [1.82, 2.24) is 4.98 Å². The van der Waals surface area contributed by atoms with Crippen LogP contribution >= 0.6 is 0 Å². The largest absolute Gasteiger partial charge is 0.493 e. The molecule has 0 saturated heterocycles. The van der Waals surface area contributed by atoms with Crippen molar-refractivity contribution in [3.05, 3.63) is 47.7 Å². The molecule has 0 saturated carbocycles. The monoisotopic (exact) mass is 270 g/mol. The fraction of sp³-hybridized carbons (Fsp3) is 0.200. The molecule has 0 aliphatic rings. The number of benzene rings is 1. The van der Waals surface area contributed by atoms with E-state index in [1.54, 1.807) is 38.6 Å². The molecular weight excluding hydrogens is 256 g/mol. The van der Waals surface area contributed by atoms with Crippen LogP contribution < -0.4 is 14.2 Å². The quantitative estimate of drug-likeness (QED) is 0.835. The Morgan fingerprint density at radius 3 is 2.65 bits per heavy atom. The second kappa shape index (κ2) is 6.43. The Kier molecular flexibility index (Phi) is 4.40. The van der Waals surface area contributed by atoms with Crippen molar-refractivity contribution < 1.29 is 14.2 Å². The molecule has 0 amide bonds. The SMILES string of the molecule is COc1ccc(COc2ncccc2C#N)cc1OC. The molecule has 0 unspecified atom stereocenters. The van der Waals surface area contributed by atoms with Gasteiger partial charge in [-0.15, -0.1) is 0 Å². The van der Waals surface area contributed by atoms with Gasteiger partial charge in [-0.25, -0.2) is 4.98 Å². The summed E-state index contributed by atoms with van der Waals surface area (Å²) in [5, 5.41) is 8.96. The molecule has 2 aromatic rings. The first kappa shape index (κ1) is 13.7. The highest BCUT2D eigenvalue weighted by molar-refractivity contribution is 5.43. The first-order chi connectivity index (χ1) is 9.78. The zero-order valence-corrected chi connectivity index (χ0v) is 11.3. The summed E-state index contributed by atoms with van der Waals surface area (Å²) in [6.07, 6.45) is 1.59. The summed E-state index contributed by atoms with van der Waals surface area (Å²) in [5.74, 6) is 1.62. The van der Waals surface area contributed by atoms with Crippen LogP contribution in [0.25, 0.3) is 0 Å². The van der Waals surface area contributed by atoms with E-state index in [9.17, 15) is 0 Å². The Morgan fingerprint density at radius 1 is 1.15 bits per heavy atom. The van der Waals surface area contributed by atoms with E-state index in [0.717, 1.165) is 5.56 Å². The third-order valence-electron chi connectivity index (χ3n) is 2.72. The van der Waals surface area contributed by atoms with Gasteiger partial charge in [-0.1, -0.05) is 6.07 Å². The highest BCUT2D eigenvalue weighted by atomic mass is 16.5. The third kappa shape index (κ3) is 2.98. The van der Waals surface area contributed by atoms with E-state index in [1.807, 2.05) is 18.2 Å². The second-order valence-corrected chi connectivity index (χ2v) is 3.95. The minimum atomic E-state index is 0.298. The summed E-state index contributed by atoms with van der Waals surface area (Å²) >= 11 is 0. The molecule has 1 aromatic heterocycles. The molecule has 2 rings (SSSR count). The average molecular weight is 270 g/mol. The molecular formula is C15H14N2O3. The molecule has 0 fully saturated rings. The predicted molar refractivity (Wildman–Crippen MR) is 72.8 cm³/mol. The normalized spacial score (nSPS) is 9.65. The molecule has 0 spiro atoms. The molecule has 1 heterocycles.